The van der Waals surface area contributed by atoms with E-state index in [2.05, 4.69) is 10.2 Å². The van der Waals surface area contributed by atoms with Crippen LogP contribution in [-0.4, -0.2) is 113 Å². The molecule has 5 aliphatic carbocycles. The van der Waals surface area contributed by atoms with E-state index in [-0.39, 0.29) is 36.3 Å². The summed E-state index contributed by atoms with van der Waals surface area (Å²) in [5.74, 6) is -1.97. The van der Waals surface area contributed by atoms with Crippen LogP contribution in [0.1, 0.15) is 56.3 Å². The van der Waals surface area contributed by atoms with E-state index >= 15 is 0 Å². The Bertz CT molecular complexity index is 1340. The first-order valence-electron chi connectivity index (χ1n) is 15.5. The number of nitrogens with zero attached hydrogens (tertiary/aromatic N) is 1. The lowest BCUT2D eigenvalue weighted by molar-refractivity contribution is -0.369. The molecule has 1 aromatic rings. The van der Waals surface area contributed by atoms with Gasteiger partial charge < -0.3 is 39.6 Å². The number of likely N-dealkylation sites (N-methyl/N-ethyl adjacent to an activating group) is 1. The Balaban J connectivity index is 1.41. The summed E-state index contributed by atoms with van der Waals surface area (Å²) in [5.41, 5.74) is -6.72. The van der Waals surface area contributed by atoms with Gasteiger partial charge in [0.1, 0.15) is 22.4 Å². The van der Waals surface area contributed by atoms with Crippen LogP contribution in [0, 0.1) is 23.2 Å². The minimum atomic E-state index is -1.93. The van der Waals surface area contributed by atoms with Crippen LogP contribution in [0.3, 0.4) is 0 Å². The molecule has 1 spiro atoms. The molecule has 43 heavy (non-hydrogen) atoms. The number of rotatable bonds is 7. The van der Waals surface area contributed by atoms with Gasteiger partial charge in [-0.3, -0.25) is 9.69 Å². The molecule has 1 saturated heterocycles. The molecule has 1 amide bonds. The lowest BCUT2D eigenvalue weighted by Crippen LogP contribution is -2.87. The van der Waals surface area contributed by atoms with Crippen LogP contribution in [0.4, 0.5) is 5.69 Å². The quantitative estimate of drug-likeness (QED) is 0.338. The van der Waals surface area contributed by atoms with Crippen LogP contribution in [0.25, 0.3) is 0 Å². The molecular formula is C32H44N2O9. The Kier molecular flexibility index (Phi) is 6.50. The second-order valence-corrected chi connectivity index (χ2v) is 13.9. The Morgan fingerprint density at radius 2 is 1.79 bits per heavy atom. The van der Waals surface area contributed by atoms with Crippen molar-refractivity contribution >= 4 is 17.6 Å². The number of hydrogen-bond donors (Lipinski definition) is 4. The molecule has 1 aromatic carbocycles. The van der Waals surface area contributed by atoms with Crippen molar-refractivity contribution in [2.24, 2.45) is 23.2 Å². The number of carbonyl (C=O) groups excluding carboxylic acids is 2. The van der Waals surface area contributed by atoms with Crippen molar-refractivity contribution in [2.75, 3.05) is 39.7 Å². The molecule has 236 valence electrons. The number of methoxy groups -OCH3 is 3. The molecule has 1 aliphatic heterocycles. The third-order valence-corrected chi connectivity index (χ3v) is 12.7. The fourth-order valence-corrected chi connectivity index (χ4v) is 11.6. The number of fused-ring (bicyclic) bond motifs is 2. The van der Waals surface area contributed by atoms with Crippen molar-refractivity contribution in [1.82, 2.24) is 4.90 Å². The minimum Gasteiger partial charge on any atom is -0.454 e. The molecule has 4 N–H and O–H groups in total. The molecule has 6 fully saturated rings. The lowest BCUT2D eigenvalue weighted by atomic mass is 9.43. The second-order valence-electron chi connectivity index (χ2n) is 13.9. The molecule has 6 aliphatic rings. The van der Waals surface area contributed by atoms with E-state index in [1.165, 1.54) is 6.92 Å². The number of ether oxygens (including phenoxy) is 4. The molecule has 5 saturated carbocycles. The van der Waals surface area contributed by atoms with Crippen molar-refractivity contribution in [1.29, 1.82) is 0 Å². The smallest absolute Gasteiger partial charge is 0.340 e. The van der Waals surface area contributed by atoms with Gasteiger partial charge in [-0.15, -0.1) is 0 Å². The van der Waals surface area contributed by atoms with Gasteiger partial charge in [0.2, 0.25) is 5.91 Å². The van der Waals surface area contributed by atoms with E-state index in [0.29, 0.717) is 38.0 Å². The Morgan fingerprint density at radius 3 is 2.44 bits per heavy atom. The van der Waals surface area contributed by atoms with Crippen LogP contribution < -0.4 is 5.32 Å². The van der Waals surface area contributed by atoms with E-state index in [1.54, 1.807) is 45.6 Å². The van der Waals surface area contributed by atoms with Crippen LogP contribution in [0.15, 0.2) is 24.3 Å². The number of piperidine rings is 1. The molecule has 11 nitrogen and oxygen atoms in total. The maximum atomic E-state index is 14.0. The van der Waals surface area contributed by atoms with Crippen molar-refractivity contribution in [3.8, 4) is 0 Å². The highest BCUT2D eigenvalue weighted by atomic mass is 16.6. The topological polar surface area (TPSA) is 147 Å². The minimum absolute atomic E-state index is 0.0723. The van der Waals surface area contributed by atoms with Crippen LogP contribution in [-0.2, 0) is 23.7 Å². The molecular weight excluding hydrogens is 556 g/mol. The first-order chi connectivity index (χ1) is 20.4. The van der Waals surface area contributed by atoms with Crippen molar-refractivity contribution in [2.45, 2.75) is 92.7 Å². The third kappa shape index (κ3) is 3.24. The van der Waals surface area contributed by atoms with Gasteiger partial charge in [0.05, 0.1) is 35.6 Å². The normalized spacial score (nSPS) is 49.1. The Hall–Kier alpha value is -2.12. The molecule has 6 unspecified atom stereocenters. The summed E-state index contributed by atoms with van der Waals surface area (Å²) in [6.07, 6.45) is 0.245. The number of aliphatic hydroxyl groups is 3. The maximum Gasteiger partial charge on any atom is 0.340 e. The number of anilines is 1. The zero-order valence-corrected chi connectivity index (χ0v) is 25.5. The van der Waals surface area contributed by atoms with Gasteiger partial charge in [-0.25, -0.2) is 4.79 Å². The summed E-state index contributed by atoms with van der Waals surface area (Å²) >= 11 is 0. The van der Waals surface area contributed by atoms with Gasteiger partial charge in [0.25, 0.3) is 0 Å². The van der Waals surface area contributed by atoms with Gasteiger partial charge in [-0.1, -0.05) is 19.1 Å². The standard InChI is InChI=1S/C32H44N2O9/c1-6-34-16-28(43-26(36)18-9-7-8-10-20(18)33-17(2)35)12-11-24(41-4)31-22-13-19-21(40-3)14-30(38,32(22,39)25(19)42-5)29(37,27(31)34)15-23(28)31/h7-10,19,21-25,27,37-39H,6,11-16H2,1-5H3,(H,33,35)/t19?,21-,22?,23+,24?,25-,27?,28+,29?,30-,31?,32-/m0/s1. The number of carbonyl (C=O) groups is 2. The van der Waals surface area contributed by atoms with Gasteiger partial charge in [0.15, 0.2) is 0 Å². The maximum absolute atomic E-state index is 14.0. The summed E-state index contributed by atoms with van der Waals surface area (Å²) in [6, 6.07) is 6.23. The van der Waals surface area contributed by atoms with Gasteiger partial charge in [-0.2, -0.15) is 0 Å². The van der Waals surface area contributed by atoms with E-state index in [1.807, 2.05) is 6.92 Å². The number of nitrogens with one attached hydrogen (secondary N) is 1. The Labute approximate surface area is 251 Å². The highest BCUT2D eigenvalue weighted by Crippen LogP contribution is 2.80. The summed E-state index contributed by atoms with van der Waals surface area (Å²) in [4.78, 5) is 28.1. The summed E-state index contributed by atoms with van der Waals surface area (Å²) in [6.45, 7) is 4.30. The fourth-order valence-electron chi connectivity index (χ4n) is 11.6. The molecule has 7 bridgehead atoms. The number of likely N-dealkylation sites (tertiary alicyclic amines) is 1. The van der Waals surface area contributed by atoms with E-state index < -0.39 is 63.9 Å². The SMILES string of the molecule is CCN1C[C@]2(OC(=O)c3ccccc3NC(C)=O)CCC(OC)C34C1C(O)(C[C@@H]32)[C@@]1(O)C[C@H](OC)C2CC4[C@]1(O)[C@H]2OC. The Morgan fingerprint density at radius 1 is 1.05 bits per heavy atom. The zero-order valence-electron chi connectivity index (χ0n) is 25.5. The summed E-state index contributed by atoms with van der Waals surface area (Å²) < 4.78 is 24.8. The molecule has 12 atom stereocenters. The predicted octanol–water partition coefficient (Wildman–Crippen LogP) is 1.34. The van der Waals surface area contributed by atoms with Crippen LogP contribution in [0.5, 0.6) is 0 Å². The molecule has 11 heteroatoms. The van der Waals surface area contributed by atoms with Crippen molar-refractivity contribution in [3.63, 3.8) is 0 Å². The van der Waals surface area contributed by atoms with E-state index in [4.69, 9.17) is 18.9 Å². The van der Waals surface area contributed by atoms with Gasteiger partial charge >= 0.3 is 5.97 Å². The average Bonchev–Trinajstić information content (AvgIpc) is 3.36. The van der Waals surface area contributed by atoms with E-state index in [9.17, 15) is 24.9 Å². The monoisotopic (exact) mass is 600 g/mol. The highest BCUT2D eigenvalue weighted by Gasteiger charge is 2.93. The number of hydrogen-bond acceptors (Lipinski definition) is 10. The number of benzene rings is 1. The largest absolute Gasteiger partial charge is 0.454 e. The number of esters is 1. The van der Waals surface area contributed by atoms with Crippen LogP contribution >= 0.6 is 0 Å². The number of para-hydroxylation sites is 1. The zero-order chi connectivity index (χ0) is 30.7. The van der Waals surface area contributed by atoms with Gasteiger partial charge in [0, 0.05) is 64.4 Å². The molecule has 0 radical (unpaired) electrons. The summed E-state index contributed by atoms with van der Waals surface area (Å²) in [7, 11) is 4.82. The molecule has 7 rings (SSSR count). The fraction of sp³-hybridized carbons (Fsp3) is 0.750. The van der Waals surface area contributed by atoms with Crippen molar-refractivity contribution < 1.29 is 43.9 Å². The lowest BCUT2D eigenvalue weighted by Gasteiger charge is -2.71. The van der Waals surface area contributed by atoms with Gasteiger partial charge in [-0.05, 0) is 44.4 Å². The first-order valence-corrected chi connectivity index (χ1v) is 15.5. The third-order valence-electron chi connectivity index (χ3n) is 12.7. The van der Waals surface area contributed by atoms with E-state index in [0.717, 1.165) is 0 Å². The predicted molar refractivity (Wildman–Crippen MR) is 153 cm³/mol. The van der Waals surface area contributed by atoms with Crippen molar-refractivity contribution in [3.05, 3.63) is 29.8 Å². The van der Waals surface area contributed by atoms with Crippen LogP contribution in [0.2, 0.25) is 0 Å². The first kappa shape index (κ1) is 29.6. The molecule has 0 aromatic heterocycles. The average molecular weight is 601 g/mol. The second kappa shape index (κ2) is 9.45. The molecule has 1 heterocycles. The number of amides is 1. The summed E-state index contributed by atoms with van der Waals surface area (Å²) in [5, 5.41) is 41.5. The highest BCUT2D eigenvalue weighted by molar-refractivity contribution is 6.00.